The molecule has 1 fully saturated rings. The topological polar surface area (TPSA) is 69.0 Å². The van der Waals surface area contributed by atoms with Gasteiger partial charge in [0, 0.05) is 37.5 Å². The zero-order chi connectivity index (χ0) is 23.5. The van der Waals surface area contributed by atoms with Crippen LogP contribution in [0.15, 0.2) is 60.8 Å². The maximum Gasteiger partial charge on any atom is 0.208 e. The van der Waals surface area contributed by atoms with E-state index in [2.05, 4.69) is 34.6 Å². The summed E-state index contributed by atoms with van der Waals surface area (Å²) in [5.41, 5.74) is 5.04. The molecular weight excluding hydrogens is 424 g/mol. The van der Waals surface area contributed by atoms with Crippen molar-refractivity contribution in [2.24, 2.45) is 7.05 Å². The number of benzene rings is 2. The minimum Gasteiger partial charge on any atom is -0.457 e. The fourth-order valence-corrected chi connectivity index (χ4v) is 4.77. The number of nitrogens with one attached hydrogen (secondary N) is 1. The van der Waals surface area contributed by atoms with Crippen molar-refractivity contribution in [1.29, 1.82) is 0 Å². The van der Waals surface area contributed by atoms with Crippen molar-refractivity contribution in [2.45, 2.75) is 51.4 Å². The third kappa shape index (κ3) is 4.96. The third-order valence-electron chi connectivity index (χ3n) is 6.55. The van der Waals surface area contributed by atoms with Crippen molar-refractivity contribution in [2.75, 3.05) is 5.32 Å². The lowest BCUT2D eigenvalue weighted by Crippen LogP contribution is -2.04. The Balaban J connectivity index is 1.32. The van der Waals surface area contributed by atoms with Crippen LogP contribution < -0.4 is 10.1 Å². The highest BCUT2D eigenvalue weighted by atomic mass is 16.5. The number of anilines is 2. The second kappa shape index (κ2) is 9.67. The van der Waals surface area contributed by atoms with Gasteiger partial charge < -0.3 is 14.6 Å². The maximum atomic E-state index is 11.4. The van der Waals surface area contributed by atoms with Gasteiger partial charge in [-0.3, -0.25) is 9.78 Å². The summed E-state index contributed by atoms with van der Waals surface area (Å²) < 4.78 is 8.07. The second-order valence-electron chi connectivity index (χ2n) is 9.19. The molecule has 6 nitrogen and oxygen atoms in total. The third-order valence-corrected chi connectivity index (χ3v) is 6.55. The SMILES string of the molecule is CC(=O)Cc1cc(Oc2ccc3c(c2)nc(Nc2ccc(C4CCCCC4)cc2)n3C)ccn1. The van der Waals surface area contributed by atoms with Crippen molar-refractivity contribution in [3.8, 4) is 11.5 Å². The van der Waals surface area contributed by atoms with E-state index in [9.17, 15) is 4.79 Å². The molecular formula is C28H30N4O2. The molecule has 1 N–H and O–H groups in total. The number of ether oxygens (including phenoxy) is 1. The molecule has 5 rings (SSSR count). The van der Waals surface area contributed by atoms with E-state index < -0.39 is 0 Å². The molecule has 1 aliphatic rings. The first kappa shape index (κ1) is 22.1. The van der Waals surface area contributed by atoms with Crippen LogP contribution in [0.4, 0.5) is 11.6 Å². The van der Waals surface area contributed by atoms with Gasteiger partial charge in [-0.15, -0.1) is 0 Å². The van der Waals surface area contributed by atoms with Gasteiger partial charge in [0.15, 0.2) is 0 Å². The van der Waals surface area contributed by atoms with Crippen LogP contribution >= 0.6 is 0 Å². The number of hydrogen-bond acceptors (Lipinski definition) is 5. The molecule has 1 aliphatic carbocycles. The number of aromatic nitrogens is 3. The lowest BCUT2D eigenvalue weighted by molar-refractivity contribution is -0.116. The van der Waals surface area contributed by atoms with Crippen molar-refractivity contribution < 1.29 is 9.53 Å². The van der Waals surface area contributed by atoms with Gasteiger partial charge >= 0.3 is 0 Å². The molecule has 0 aliphatic heterocycles. The number of Topliss-reactive ketones (excluding diaryl/α,β-unsaturated/α-hetero) is 1. The van der Waals surface area contributed by atoms with Crippen molar-refractivity contribution >= 4 is 28.5 Å². The fraction of sp³-hybridized carbons (Fsp3) is 0.321. The molecule has 174 valence electrons. The quantitative estimate of drug-likeness (QED) is 0.337. The molecule has 0 amide bonds. The summed E-state index contributed by atoms with van der Waals surface area (Å²) in [4.78, 5) is 20.4. The molecule has 1 saturated carbocycles. The fourth-order valence-electron chi connectivity index (χ4n) is 4.77. The van der Waals surface area contributed by atoms with Gasteiger partial charge in [-0.2, -0.15) is 0 Å². The summed E-state index contributed by atoms with van der Waals surface area (Å²) >= 11 is 0. The predicted molar refractivity (Wildman–Crippen MR) is 135 cm³/mol. The lowest BCUT2D eigenvalue weighted by atomic mass is 9.84. The van der Waals surface area contributed by atoms with Crippen LogP contribution in [0.2, 0.25) is 0 Å². The summed E-state index contributed by atoms with van der Waals surface area (Å²) in [6.45, 7) is 1.56. The molecule has 0 spiro atoms. The van der Waals surface area contributed by atoms with Gasteiger partial charge in [0.1, 0.15) is 17.3 Å². The first-order valence-corrected chi connectivity index (χ1v) is 12.0. The lowest BCUT2D eigenvalue weighted by Gasteiger charge is -2.22. The molecule has 0 saturated heterocycles. The molecule has 0 unspecified atom stereocenters. The van der Waals surface area contributed by atoms with Gasteiger partial charge in [0.2, 0.25) is 5.95 Å². The highest BCUT2D eigenvalue weighted by Crippen LogP contribution is 2.33. The minimum absolute atomic E-state index is 0.0724. The Morgan fingerprint density at radius 1 is 1.03 bits per heavy atom. The zero-order valence-electron chi connectivity index (χ0n) is 19.8. The van der Waals surface area contributed by atoms with E-state index >= 15 is 0 Å². The van der Waals surface area contributed by atoms with Gasteiger partial charge in [0.25, 0.3) is 0 Å². The van der Waals surface area contributed by atoms with Crippen LogP contribution in [0.25, 0.3) is 11.0 Å². The van der Waals surface area contributed by atoms with E-state index in [0.717, 1.165) is 22.7 Å². The van der Waals surface area contributed by atoms with Gasteiger partial charge in [-0.05, 0) is 61.6 Å². The number of imidazole rings is 1. The summed E-state index contributed by atoms with van der Waals surface area (Å²) in [6, 6.07) is 18.3. The molecule has 0 bridgehead atoms. The van der Waals surface area contributed by atoms with Gasteiger partial charge in [-0.1, -0.05) is 31.4 Å². The van der Waals surface area contributed by atoms with Crippen molar-refractivity contribution in [3.63, 3.8) is 0 Å². The molecule has 0 radical (unpaired) electrons. The van der Waals surface area contributed by atoms with E-state index in [1.165, 1.54) is 37.7 Å². The Kier molecular flexibility index (Phi) is 6.30. The number of fused-ring (bicyclic) bond motifs is 1. The standard InChI is InChI=1S/C28H30N4O2/c1-19(33)16-23-17-25(14-15-29-23)34-24-12-13-27-26(18-24)31-28(32(27)2)30-22-10-8-21(9-11-22)20-6-4-3-5-7-20/h8-15,17-18,20H,3-7,16H2,1-2H3,(H,30,31). The van der Waals surface area contributed by atoms with E-state index in [4.69, 9.17) is 9.72 Å². The largest absolute Gasteiger partial charge is 0.457 e. The Morgan fingerprint density at radius 3 is 2.56 bits per heavy atom. The molecule has 2 heterocycles. The number of pyridine rings is 1. The molecule has 34 heavy (non-hydrogen) atoms. The monoisotopic (exact) mass is 454 g/mol. The Bertz CT molecular complexity index is 1300. The van der Waals surface area contributed by atoms with Crippen molar-refractivity contribution in [1.82, 2.24) is 14.5 Å². The zero-order valence-corrected chi connectivity index (χ0v) is 19.8. The minimum atomic E-state index is 0.0724. The van der Waals surface area contributed by atoms with E-state index in [1.807, 2.05) is 29.8 Å². The summed E-state index contributed by atoms with van der Waals surface area (Å²) in [6.07, 6.45) is 8.63. The van der Waals surface area contributed by atoms with Gasteiger partial charge in [-0.25, -0.2) is 4.98 Å². The molecule has 6 heteroatoms. The number of carbonyl (C=O) groups is 1. The average molecular weight is 455 g/mol. The van der Waals surface area contributed by atoms with Crippen LogP contribution in [0.3, 0.4) is 0 Å². The maximum absolute atomic E-state index is 11.4. The Hall–Kier alpha value is -3.67. The first-order valence-electron chi connectivity index (χ1n) is 12.0. The number of ketones is 1. The van der Waals surface area contributed by atoms with Crippen LogP contribution in [0, 0.1) is 0 Å². The number of rotatable bonds is 7. The van der Waals surface area contributed by atoms with Crippen LogP contribution in [-0.4, -0.2) is 20.3 Å². The van der Waals surface area contributed by atoms with Crippen LogP contribution in [0.5, 0.6) is 11.5 Å². The smallest absolute Gasteiger partial charge is 0.208 e. The predicted octanol–water partition coefficient (Wildman–Crippen LogP) is 6.68. The summed E-state index contributed by atoms with van der Waals surface area (Å²) in [7, 11) is 2.01. The van der Waals surface area contributed by atoms with E-state index in [-0.39, 0.29) is 5.78 Å². The van der Waals surface area contributed by atoms with E-state index in [0.29, 0.717) is 29.5 Å². The Labute approximate surface area is 200 Å². The second-order valence-corrected chi connectivity index (χ2v) is 9.19. The van der Waals surface area contributed by atoms with Crippen LogP contribution in [0.1, 0.15) is 56.2 Å². The normalized spacial score (nSPS) is 14.3. The first-order chi connectivity index (χ1) is 16.5. The number of nitrogens with zero attached hydrogens (tertiary/aromatic N) is 3. The number of hydrogen-bond donors (Lipinski definition) is 1. The average Bonchev–Trinajstić information content (AvgIpc) is 3.14. The molecule has 2 aromatic heterocycles. The van der Waals surface area contributed by atoms with E-state index in [1.54, 1.807) is 25.3 Å². The molecule has 4 aromatic rings. The summed E-state index contributed by atoms with van der Waals surface area (Å²) in [5, 5.41) is 3.46. The number of aryl methyl sites for hydroxylation is 1. The molecule has 2 aromatic carbocycles. The Morgan fingerprint density at radius 2 is 1.79 bits per heavy atom. The van der Waals surface area contributed by atoms with Crippen molar-refractivity contribution in [3.05, 3.63) is 72.1 Å². The van der Waals surface area contributed by atoms with Crippen LogP contribution in [-0.2, 0) is 18.3 Å². The molecule has 0 atom stereocenters. The number of carbonyl (C=O) groups excluding carboxylic acids is 1. The van der Waals surface area contributed by atoms with Gasteiger partial charge in [0.05, 0.1) is 16.7 Å². The highest BCUT2D eigenvalue weighted by molar-refractivity contribution is 5.81. The highest BCUT2D eigenvalue weighted by Gasteiger charge is 2.15. The summed E-state index contributed by atoms with van der Waals surface area (Å²) in [5.74, 6) is 2.90.